The summed E-state index contributed by atoms with van der Waals surface area (Å²) in [5, 5.41) is -0.234. The molecule has 0 aliphatic rings. The van der Waals surface area contributed by atoms with Crippen LogP contribution < -0.4 is 11.5 Å². The number of nitrogens with two attached hydrogens (primary N) is 2. The zero-order chi connectivity index (χ0) is 10.9. The van der Waals surface area contributed by atoms with Crippen LogP contribution in [0.4, 0.5) is 14.6 Å². The molecule has 1 aromatic rings. The Labute approximate surface area is 82.9 Å². The first-order valence-corrected chi connectivity index (χ1v) is 3.84. The topological polar surface area (TPSA) is 82.0 Å². The fraction of sp³-hybridized carbons (Fsp3) is 0.143. The third kappa shape index (κ3) is 1.74. The SMILES string of the molecule is NC(=O)c1c(Cl)cnc(N)c1C(F)F. The highest BCUT2D eigenvalue weighted by molar-refractivity contribution is 6.34. The van der Waals surface area contributed by atoms with Crippen molar-refractivity contribution in [3.8, 4) is 0 Å². The Morgan fingerprint density at radius 2 is 2.14 bits per heavy atom. The number of hydrogen-bond donors (Lipinski definition) is 2. The molecule has 1 rings (SSSR count). The lowest BCUT2D eigenvalue weighted by molar-refractivity contribution is 0.0986. The van der Waals surface area contributed by atoms with E-state index in [-0.39, 0.29) is 5.02 Å². The molecule has 1 aromatic heterocycles. The van der Waals surface area contributed by atoms with Crippen LogP contribution in [-0.2, 0) is 0 Å². The molecule has 0 bridgehead atoms. The number of halogens is 3. The fourth-order valence-corrected chi connectivity index (χ4v) is 1.23. The highest BCUT2D eigenvalue weighted by atomic mass is 35.5. The molecule has 0 radical (unpaired) electrons. The van der Waals surface area contributed by atoms with Gasteiger partial charge in [0.05, 0.1) is 16.1 Å². The number of pyridine rings is 1. The Balaban J connectivity index is 3.50. The zero-order valence-corrected chi connectivity index (χ0v) is 7.55. The first kappa shape index (κ1) is 10.6. The molecule has 1 heterocycles. The van der Waals surface area contributed by atoms with Crippen molar-refractivity contribution in [1.29, 1.82) is 0 Å². The molecule has 0 atom stereocenters. The third-order valence-electron chi connectivity index (χ3n) is 1.57. The van der Waals surface area contributed by atoms with Crippen molar-refractivity contribution in [3.05, 3.63) is 22.3 Å². The van der Waals surface area contributed by atoms with Gasteiger partial charge in [0.2, 0.25) is 0 Å². The van der Waals surface area contributed by atoms with Crippen LogP contribution in [0.2, 0.25) is 5.02 Å². The molecule has 4 N–H and O–H groups in total. The maximum atomic E-state index is 12.4. The van der Waals surface area contributed by atoms with Crippen molar-refractivity contribution < 1.29 is 13.6 Å². The molecular formula is C7H6ClF2N3O. The van der Waals surface area contributed by atoms with E-state index in [1.165, 1.54) is 0 Å². The summed E-state index contributed by atoms with van der Waals surface area (Å²) in [4.78, 5) is 14.2. The average molecular weight is 222 g/mol. The summed E-state index contributed by atoms with van der Waals surface area (Å²) in [6.45, 7) is 0. The molecule has 0 aliphatic heterocycles. The summed E-state index contributed by atoms with van der Waals surface area (Å²) in [5.41, 5.74) is 8.86. The van der Waals surface area contributed by atoms with E-state index in [9.17, 15) is 13.6 Å². The van der Waals surface area contributed by atoms with Gasteiger partial charge in [-0.15, -0.1) is 0 Å². The second kappa shape index (κ2) is 3.75. The molecule has 1 amide bonds. The number of carbonyl (C=O) groups excluding carboxylic acids is 1. The Morgan fingerprint density at radius 1 is 1.57 bits per heavy atom. The van der Waals surface area contributed by atoms with Crippen LogP contribution in [0.25, 0.3) is 0 Å². The molecule has 0 saturated heterocycles. The highest BCUT2D eigenvalue weighted by Crippen LogP contribution is 2.31. The predicted molar refractivity (Wildman–Crippen MR) is 47.1 cm³/mol. The minimum Gasteiger partial charge on any atom is -0.383 e. The van der Waals surface area contributed by atoms with Crippen LogP contribution >= 0.6 is 11.6 Å². The maximum absolute atomic E-state index is 12.4. The quantitative estimate of drug-likeness (QED) is 0.791. The lowest BCUT2D eigenvalue weighted by atomic mass is 10.1. The van der Waals surface area contributed by atoms with Crippen LogP contribution in [0.3, 0.4) is 0 Å². The van der Waals surface area contributed by atoms with Crippen LogP contribution in [-0.4, -0.2) is 10.9 Å². The van der Waals surface area contributed by atoms with Gasteiger partial charge in [0.1, 0.15) is 5.82 Å². The summed E-state index contributed by atoms with van der Waals surface area (Å²) < 4.78 is 24.9. The summed E-state index contributed by atoms with van der Waals surface area (Å²) in [5.74, 6) is -1.50. The van der Waals surface area contributed by atoms with Gasteiger partial charge in [-0.2, -0.15) is 0 Å². The second-order valence-electron chi connectivity index (χ2n) is 2.44. The van der Waals surface area contributed by atoms with Crippen molar-refractivity contribution in [3.63, 3.8) is 0 Å². The van der Waals surface area contributed by atoms with Gasteiger partial charge < -0.3 is 11.5 Å². The number of amides is 1. The molecule has 7 heteroatoms. The Hall–Kier alpha value is -1.43. The number of anilines is 1. The van der Waals surface area contributed by atoms with Gasteiger partial charge in [-0.25, -0.2) is 13.8 Å². The van der Waals surface area contributed by atoms with Gasteiger partial charge in [-0.3, -0.25) is 4.79 Å². The van der Waals surface area contributed by atoms with E-state index in [4.69, 9.17) is 23.1 Å². The first-order valence-electron chi connectivity index (χ1n) is 3.47. The fourth-order valence-electron chi connectivity index (χ4n) is 0.988. The number of aromatic nitrogens is 1. The van der Waals surface area contributed by atoms with Crippen molar-refractivity contribution >= 4 is 23.3 Å². The van der Waals surface area contributed by atoms with Gasteiger partial charge in [-0.05, 0) is 0 Å². The predicted octanol–water partition coefficient (Wildman–Crippen LogP) is 1.35. The number of rotatable bonds is 2. The van der Waals surface area contributed by atoms with Crippen LogP contribution in [0.1, 0.15) is 22.3 Å². The monoisotopic (exact) mass is 221 g/mol. The van der Waals surface area contributed by atoms with Crippen LogP contribution in [0.5, 0.6) is 0 Å². The average Bonchev–Trinajstić information content (AvgIpc) is 2.07. The van der Waals surface area contributed by atoms with Crippen LogP contribution in [0, 0.1) is 0 Å². The van der Waals surface area contributed by atoms with E-state index in [0.717, 1.165) is 6.20 Å². The maximum Gasteiger partial charge on any atom is 0.268 e. The van der Waals surface area contributed by atoms with Crippen molar-refractivity contribution in [1.82, 2.24) is 4.98 Å². The van der Waals surface area contributed by atoms with Gasteiger partial charge >= 0.3 is 0 Å². The van der Waals surface area contributed by atoms with E-state index in [1.54, 1.807) is 0 Å². The third-order valence-corrected chi connectivity index (χ3v) is 1.85. The Morgan fingerprint density at radius 3 is 2.50 bits per heavy atom. The standard InChI is InChI=1S/C7H6ClF2N3O/c8-2-1-13-6(11)4(5(9)10)3(2)7(12)14/h1,5H,(H2,11,13)(H2,12,14). The van der Waals surface area contributed by atoms with E-state index in [2.05, 4.69) is 4.98 Å². The minimum atomic E-state index is -2.94. The number of nitrogens with zero attached hydrogens (tertiary/aromatic N) is 1. The van der Waals surface area contributed by atoms with E-state index < -0.39 is 29.3 Å². The molecule has 4 nitrogen and oxygen atoms in total. The molecular weight excluding hydrogens is 216 g/mol. The van der Waals surface area contributed by atoms with Crippen molar-refractivity contribution in [2.45, 2.75) is 6.43 Å². The highest BCUT2D eigenvalue weighted by Gasteiger charge is 2.23. The summed E-state index contributed by atoms with van der Waals surface area (Å²) >= 11 is 5.49. The molecule has 0 aromatic carbocycles. The smallest absolute Gasteiger partial charge is 0.268 e. The Bertz CT molecular complexity index is 383. The molecule has 0 fully saturated rings. The second-order valence-corrected chi connectivity index (χ2v) is 2.85. The lowest BCUT2D eigenvalue weighted by Gasteiger charge is -2.09. The first-order chi connectivity index (χ1) is 6.45. The molecule has 0 spiro atoms. The molecule has 76 valence electrons. The number of carbonyl (C=O) groups is 1. The number of nitrogen functional groups attached to an aromatic ring is 1. The zero-order valence-electron chi connectivity index (χ0n) is 6.80. The summed E-state index contributed by atoms with van der Waals surface area (Å²) in [6.07, 6.45) is -1.94. The largest absolute Gasteiger partial charge is 0.383 e. The van der Waals surface area contributed by atoms with Gasteiger partial charge in [0.25, 0.3) is 12.3 Å². The minimum absolute atomic E-state index is 0.234. The van der Waals surface area contributed by atoms with E-state index >= 15 is 0 Å². The molecule has 0 unspecified atom stereocenters. The Kier molecular flexibility index (Phi) is 2.85. The molecule has 0 aliphatic carbocycles. The molecule has 0 saturated carbocycles. The van der Waals surface area contributed by atoms with Crippen molar-refractivity contribution in [2.24, 2.45) is 5.73 Å². The number of primary amides is 1. The van der Waals surface area contributed by atoms with Crippen molar-refractivity contribution in [2.75, 3.05) is 5.73 Å². The van der Waals surface area contributed by atoms with E-state index in [1.807, 2.05) is 0 Å². The summed E-state index contributed by atoms with van der Waals surface area (Å²) in [6, 6.07) is 0. The lowest BCUT2D eigenvalue weighted by Crippen LogP contribution is -2.16. The normalized spacial score (nSPS) is 10.6. The molecule has 14 heavy (non-hydrogen) atoms. The van der Waals surface area contributed by atoms with Gasteiger partial charge in [-0.1, -0.05) is 11.6 Å². The number of hydrogen-bond acceptors (Lipinski definition) is 3. The van der Waals surface area contributed by atoms with E-state index in [0.29, 0.717) is 0 Å². The summed E-state index contributed by atoms with van der Waals surface area (Å²) in [7, 11) is 0. The van der Waals surface area contributed by atoms with Gasteiger partial charge in [0.15, 0.2) is 0 Å². The number of alkyl halides is 2. The van der Waals surface area contributed by atoms with Gasteiger partial charge in [0, 0.05) is 6.20 Å². The van der Waals surface area contributed by atoms with Crippen LogP contribution in [0.15, 0.2) is 6.20 Å².